The van der Waals surface area contributed by atoms with Gasteiger partial charge in [-0.25, -0.2) is 0 Å². The normalized spacial score (nSPS) is 18.5. The average molecular weight is 340 g/mol. The number of nitrogens with zero attached hydrogens (tertiary/aromatic N) is 3. The molecule has 0 aromatic heterocycles. The first kappa shape index (κ1) is 20.7. The molecule has 0 heterocycles. The molecule has 0 bridgehead atoms. The lowest BCUT2D eigenvalue weighted by atomic mass is 9.84. The number of guanidine groups is 1. The number of amides is 1. The molecule has 1 aliphatic rings. The van der Waals surface area contributed by atoms with Crippen LogP contribution < -0.4 is 10.6 Å². The van der Waals surface area contributed by atoms with Crippen molar-refractivity contribution < 1.29 is 4.79 Å². The number of carbonyl (C=O) groups excluding carboxylic acids is 1. The fourth-order valence-corrected chi connectivity index (χ4v) is 3.69. The Morgan fingerprint density at radius 2 is 1.75 bits per heavy atom. The molecule has 1 aliphatic carbocycles. The molecule has 2 N–H and O–H groups in total. The summed E-state index contributed by atoms with van der Waals surface area (Å²) in [6.07, 6.45) is 4.19. The number of hydrogen-bond donors (Lipinski definition) is 2. The summed E-state index contributed by atoms with van der Waals surface area (Å²) in [4.78, 5) is 21.1. The van der Waals surface area contributed by atoms with E-state index in [1.54, 1.807) is 11.9 Å². The van der Waals surface area contributed by atoms with E-state index < -0.39 is 0 Å². The molecule has 0 saturated heterocycles. The Morgan fingerprint density at radius 3 is 2.21 bits per heavy atom. The Balaban J connectivity index is 2.57. The van der Waals surface area contributed by atoms with E-state index >= 15 is 0 Å². The van der Waals surface area contributed by atoms with Gasteiger partial charge in [-0.1, -0.05) is 26.7 Å². The fourth-order valence-electron chi connectivity index (χ4n) is 3.69. The predicted octanol–water partition coefficient (Wildman–Crippen LogP) is 1.53. The van der Waals surface area contributed by atoms with Crippen LogP contribution in [0.2, 0.25) is 0 Å². The second-order valence-electron chi connectivity index (χ2n) is 7.06. The molecule has 1 rings (SSSR count). The van der Waals surface area contributed by atoms with E-state index in [9.17, 15) is 4.79 Å². The predicted molar refractivity (Wildman–Crippen MR) is 101 cm³/mol. The largest absolute Gasteiger partial charge is 0.355 e. The van der Waals surface area contributed by atoms with E-state index in [0.717, 1.165) is 51.3 Å². The van der Waals surface area contributed by atoms with Crippen LogP contribution in [0.3, 0.4) is 0 Å². The average Bonchev–Trinajstić information content (AvgIpc) is 3.05. The molecular weight excluding hydrogens is 302 g/mol. The Morgan fingerprint density at radius 1 is 1.17 bits per heavy atom. The van der Waals surface area contributed by atoms with Gasteiger partial charge in [0, 0.05) is 40.3 Å². The van der Waals surface area contributed by atoms with Crippen molar-refractivity contribution in [2.24, 2.45) is 10.4 Å². The molecule has 0 spiro atoms. The van der Waals surface area contributed by atoms with Gasteiger partial charge in [-0.2, -0.15) is 0 Å². The van der Waals surface area contributed by atoms with Crippen LogP contribution in [0.25, 0.3) is 0 Å². The van der Waals surface area contributed by atoms with Gasteiger partial charge in [0.25, 0.3) is 0 Å². The van der Waals surface area contributed by atoms with Gasteiger partial charge < -0.3 is 15.5 Å². The van der Waals surface area contributed by atoms with Gasteiger partial charge in [0.2, 0.25) is 5.91 Å². The van der Waals surface area contributed by atoms with Crippen molar-refractivity contribution in [1.29, 1.82) is 0 Å². The lowest BCUT2D eigenvalue weighted by Crippen LogP contribution is -2.51. The summed E-state index contributed by atoms with van der Waals surface area (Å²) in [6, 6.07) is 0.447. The maximum atomic E-state index is 12.6. The van der Waals surface area contributed by atoms with E-state index in [0.29, 0.717) is 12.6 Å². The van der Waals surface area contributed by atoms with Gasteiger partial charge in [-0.15, -0.1) is 0 Å². The summed E-state index contributed by atoms with van der Waals surface area (Å²) in [5.41, 5.74) is -0.272. The van der Waals surface area contributed by atoms with Crippen LogP contribution in [0.15, 0.2) is 4.99 Å². The van der Waals surface area contributed by atoms with Gasteiger partial charge in [-0.3, -0.25) is 14.7 Å². The monoisotopic (exact) mass is 339 g/mol. The third-order valence-electron chi connectivity index (χ3n) is 5.24. The summed E-state index contributed by atoms with van der Waals surface area (Å²) >= 11 is 0. The standard InChI is InChI=1S/C18H37N5O/c1-7-23(8-2)15(3)13-20-17(19-4)21-14-18(11-9-10-12-18)16(24)22(5)6/h15H,7-14H2,1-6H3,(H2,19,20,21). The second kappa shape index (κ2) is 9.87. The third kappa shape index (κ3) is 5.36. The van der Waals surface area contributed by atoms with Gasteiger partial charge in [0.1, 0.15) is 0 Å². The molecule has 6 nitrogen and oxygen atoms in total. The highest BCUT2D eigenvalue weighted by molar-refractivity contribution is 5.85. The lowest BCUT2D eigenvalue weighted by molar-refractivity contribution is -0.138. The van der Waals surface area contributed by atoms with E-state index in [1.807, 2.05) is 14.1 Å². The molecule has 1 unspecified atom stereocenters. The number of carbonyl (C=O) groups is 1. The van der Waals surface area contributed by atoms with Crippen molar-refractivity contribution >= 4 is 11.9 Å². The molecule has 1 amide bonds. The van der Waals surface area contributed by atoms with Crippen LogP contribution in [-0.2, 0) is 4.79 Å². The Labute approximate surface area is 148 Å². The van der Waals surface area contributed by atoms with Crippen LogP contribution in [-0.4, -0.2) is 75.0 Å². The first-order valence-corrected chi connectivity index (χ1v) is 9.30. The molecule has 1 atom stereocenters. The molecule has 0 aromatic carbocycles. The highest BCUT2D eigenvalue weighted by atomic mass is 16.2. The molecule has 0 radical (unpaired) electrons. The van der Waals surface area contributed by atoms with Crippen molar-refractivity contribution in [3.05, 3.63) is 0 Å². The van der Waals surface area contributed by atoms with Crippen molar-refractivity contribution in [2.75, 3.05) is 47.3 Å². The Bertz CT molecular complexity index is 412. The summed E-state index contributed by atoms with van der Waals surface area (Å²) in [7, 11) is 5.48. The van der Waals surface area contributed by atoms with Crippen LogP contribution in [0, 0.1) is 5.41 Å². The Kier molecular flexibility index (Phi) is 8.53. The minimum atomic E-state index is -0.272. The Hall–Kier alpha value is -1.30. The molecule has 0 aromatic rings. The fraction of sp³-hybridized carbons (Fsp3) is 0.889. The van der Waals surface area contributed by atoms with Gasteiger partial charge in [0.15, 0.2) is 5.96 Å². The van der Waals surface area contributed by atoms with Crippen molar-refractivity contribution in [2.45, 2.75) is 52.5 Å². The topological polar surface area (TPSA) is 60.0 Å². The number of rotatable bonds is 8. The molecular formula is C18H37N5O. The van der Waals surface area contributed by atoms with Crippen LogP contribution in [0.4, 0.5) is 0 Å². The van der Waals surface area contributed by atoms with Crippen LogP contribution >= 0.6 is 0 Å². The summed E-state index contributed by atoms with van der Waals surface area (Å²) in [5.74, 6) is 1.02. The molecule has 6 heteroatoms. The van der Waals surface area contributed by atoms with Gasteiger partial charge in [0.05, 0.1) is 5.41 Å². The highest BCUT2D eigenvalue weighted by Gasteiger charge is 2.42. The number of aliphatic imine (C=N–C) groups is 1. The van der Waals surface area contributed by atoms with Crippen molar-refractivity contribution in [3.63, 3.8) is 0 Å². The smallest absolute Gasteiger partial charge is 0.230 e. The zero-order chi connectivity index (χ0) is 18.2. The summed E-state index contributed by atoms with van der Waals surface area (Å²) < 4.78 is 0. The highest BCUT2D eigenvalue weighted by Crippen LogP contribution is 2.38. The summed E-state index contributed by atoms with van der Waals surface area (Å²) in [6.45, 7) is 10.2. The third-order valence-corrected chi connectivity index (χ3v) is 5.24. The maximum absolute atomic E-state index is 12.6. The number of nitrogens with one attached hydrogen (secondary N) is 2. The second-order valence-corrected chi connectivity index (χ2v) is 7.06. The zero-order valence-electron chi connectivity index (χ0n) is 16.5. The van der Waals surface area contributed by atoms with Gasteiger partial charge in [-0.05, 0) is 32.9 Å². The van der Waals surface area contributed by atoms with E-state index in [1.165, 1.54) is 0 Å². The SMILES string of the molecule is CCN(CC)C(C)CNC(=NC)NCC1(C(=O)N(C)C)CCCC1. The molecule has 24 heavy (non-hydrogen) atoms. The van der Waals surface area contributed by atoms with Crippen molar-refractivity contribution in [1.82, 2.24) is 20.4 Å². The van der Waals surface area contributed by atoms with Crippen molar-refractivity contribution in [3.8, 4) is 0 Å². The lowest BCUT2D eigenvalue weighted by Gasteiger charge is -2.32. The first-order chi connectivity index (χ1) is 11.4. The van der Waals surface area contributed by atoms with E-state index in [-0.39, 0.29) is 11.3 Å². The van der Waals surface area contributed by atoms with E-state index in [4.69, 9.17) is 0 Å². The van der Waals surface area contributed by atoms with E-state index in [2.05, 4.69) is 41.3 Å². The maximum Gasteiger partial charge on any atom is 0.230 e. The minimum Gasteiger partial charge on any atom is -0.355 e. The first-order valence-electron chi connectivity index (χ1n) is 9.30. The van der Waals surface area contributed by atoms with Crippen LogP contribution in [0.5, 0.6) is 0 Å². The number of hydrogen-bond acceptors (Lipinski definition) is 3. The molecule has 0 aliphatic heterocycles. The summed E-state index contributed by atoms with van der Waals surface area (Å²) in [5, 5.41) is 6.79. The van der Waals surface area contributed by atoms with Gasteiger partial charge >= 0.3 is 0 Å². The number of likely N-dealkylation sites (N-methyl/N-ethyl adjacent to an activating group) is 1. The molecule has 1 saturated carbocycles. The quantitative estimate of drug-likeness (QED) is 0.520. The zero-order valence-corrected chi connectivity index (χ0v) is 16.5. The van der Waals surface area contributed by atoms with Crippen LogP contribution in [0.1, 0.15) is 46.5 Å². The molecule has 1 fully saturated rings. The molecule has 140 valence electrons. The minimum absolute atomic E-state index is 0.236.